The molecule has 2 rings (SSSR count). The quantitative estimate of drug-likeness (QED) is 0.326. The summed E-state index contributed by atoms with van der Waals surface area (Å²) in [6.07, 6.45) is 22.5. The first kappa shape index (κ1) is 22.7. The van der Waals surface area contributed by atoms with E-state index in [0.717, 1.165) is 31.8 Å². The highest BCUT2D eigenvalue weighted by molar-refractivity contribution is 5.01. The van der Waals surface area contributed by atoms with Crippen molar-refractivity contribution in [3.8, 4) is 6.07 Å². The minimum absolute atomic E-state index is 0.0122. The maximum Gasteiger partial charge on any atom is 0.0689 e. The monoisotopic (exact) mass is 375 g/mol. The molecule has 2 saturated carbocycles. The predicted octanol–water partition coefficient (Wildman–Crippen LogP) is 7.81. The van der Waals surface area contributed by atoms with Gasteiger partial charge in [-0.1, -0.05) is 65.2 Å². The van der Waals surface area contributed by atoms with Crippen molar-refractivity contribution in [2.45, 2.75) is 129 Å². The zero-order chi connectivity index (χ0) is 19.4. The Morgan fingerprint density at radius 2 is 1.48 bits per heavy atom. The van der Waals surface area contributed by atoms with Crippen LogP contribution in [-0.4, -0.2) is 12.7 Å². The van der Waals surface area contributed by atoms with Gasteiger partial charge >= 0.3 is 0 Å². The fourth-order valence-corrected chi connectivity index (χ4v) is 5.23. The second-order valence-electron chi connectivity index (χ2n) is 9.62. The van der Waals surface area contributed by atoms with Crippen molar-refractivity contribution in [3.05, 3.63) is 0 Å². The minimum Gasteiger partial charge on any atom is -0.378 e. The molecular formula is C25H45NO. The summed E-state index contributed by atoms with van der Waals surface area (Å²) in [7, 11) is 0. The Balaban J connectivity index is 1.55. The van der Waals surface area contributed by atoms with Crippen molar-refractivity contribution in [2.75, 3.05) is 6.61 Å². The molecule has 0 radical (unpaired) electrons. The third-order valence-electron chi connectivity index (χ3n) is 7.39. The standard InChI is InChI=1S/C25H45NO/c1-3-5-7-8-9-10-22-11-13-24(14-12-22)27-20-23-15-18-25(21-26,19-16-23)17-6-4-2/h22-24H,3-20H2,1-2H3/t22-,23-,24-,25-. The Morgan fingerprint density at radius 1 is 0.815 bits per heavy atom. The summed E-state index contributed by atoms with van der Waals surface area (Å²) in [6.45, 7) is 5.47. The van der Waals surface area contributed by atoms with Crippen LogP contribution >= 0.6 is 0 Å². The molecular weight excluding hydrogens is 330 g/mol. The van der Waals surface area contributed by atoms with Gasteiger partial charge in [-0.3, -0.25) is 0 Å². The van der Waals surface area contributed by atoms with E-state index in [1.807, 2.05) is 0 Å². The molecule has 0 amide bonds. The van der Waals surface area contributed by atoms with Crippen molar-refractivity contribution in [2.24, 2.45) is 17.3 Å². The third kappa shape index (κ3) is 8.15. The summed E-state index contributed by atoms with van der Waals surface area (Å²) >= 11 is 0. The molecule has 2 heteroatoms. The Kier molecular flexibility index (Phi) is 10.8. The van der Waals surface area contributed by atoms with Crippen LogP contribution in [0.25, 0.3) is 0 Å². The highest BCUT2D eigenvalue weighted by atomic mass is 16.5. The Bertz CT molecular complexity index is 411. The van der Waals surface area contributed by atoms with Gasteiger partial charge in [0.15, 0.2) is 0 Å². The van der Waals surface area contributed by atoms with Crippen molar-refractivity contribution in [1.29, 1.82) is 5.26 Å². The van der Waals surface area contributed by atoms with E-state index in [1.54, 1.807) is 0 Å². The summed E-state index contributed by atoms with van der Waals surface area (Å²) in [5.41, 5.74) is -0.0122. The molecule has 0 atom stereocenters. The van der Waals surface area contributed by atoms with Gasteiger partial charge in [0.1, 0.15) is 0 Å². The van der Waals surface area contributed by atoms with Crippen molar-refractivity contribution in [1.82, 2.24) is 0 Å². The molecule has 0 aromatic rings. The highest BCUT2D eigenvalue weighted by Gasteiger charge is 2.35. The minimum atomic E-state index is -0.0122. The largest absolute Gasteiger partial charge is 0.378 e. The maximum atomic E-state index is 9.64. The average Bonchev–Trinajstić information content (AvgIpc) is 2.72. The van der Waals surface area contributed by atoms with Crippen LogP contribution in [0.15, 0.2) is 0 Å². The second-order valence-corrected chi connectivity index (χ2v) is 9.62. The van der Waals surface area contributed by atoms with Gasteiger partial charge in [-0.05, 0) is 69.6 Å². The molecule has 0 bridgehead atoms. The first-order chi connectivity index (χ1) is 13.2. The van der Waals surface area contributed by atoms with Gasteiger partial charge in [-0.15, -0.1) is 0 Å². The molecule has 0 aliphatic heterocycles. The Morgan fingerprint density at radius 3 is 2.11 bits per heavy atom. The molecule has 2 fully saturated rings. The Hall–Kier alpha value is -0.550. The number of unbranched alkanes of at least 4 members (excludes halogenated alkanes) is 5. The number of rotatable bonds is 12. The maximum absolute atomic E-state index is 9.64. The lowest BCUT2D eigenvalue weighted by molar-refractivity contribution is -0.0134. The van der Waals surface area contributed by atoms with Crippen LogP contribution < -0.4 is 0 Å². The number of ether oxygens (including phenoxy) is 1. The molecule has 0 N–H and O–H groups in total. The lowest BCUT2D eigenvalue weighted by atomic mass is 9.69. The molecule has 0 aromatic carbocycles. The average molecular weight is 376 g/mol. The van der Waals surface area contributed by atoms with Gasteiger partial charge in [0.25, 0.3) is 0 Å². The van der Waals surface area contributed by atoms with Crippen molar-refractivity contribution >= 4 is 0 Å². The van der Waals surface area contributed by atoms with Crippen LogP contribution in [0, 0.1) is 28.6 Å². The first-order valence-corrected chi connectivity index (χ1v) is 12.2. The van der Waals surface area contributed by atoms with Gasteiger partial charge in [0.2, 0.25) is 0 Å². The Labute approximate surface area is 169 Å². The molecule has 2 nitrogen and oxygen atoms in total. The summed E-state index contributed by atoms with van der Waals surface area (Å²) in [4.78, 5) is 0. The van der Waals surface area contributed by atoms with Gasteiger partial charge in [-0.2, -0.15) is 5.26 Å². The smallest absolute Gasteiger partial charge is 0.0689 e. The molecule has 0 unspecified atom stereocenters. The third-order valence-corrected chi connectivity index (χ3v) is 7.39. The van der Waals surface area contributed by atoms with E-state index >= 15 is 0 Å². The van der Waals surface area contributed by atoms with Crippen LogP contribution in [0.2, 0.25) is 0 Å². The lowest BCUT2D eigenvalue weighted by Crippen LogP contribution is -2.30. The van der Waals surface area contributed by atoms with Crippen LogP contribution in [-0.2, 0) is 4.74 Å². The van der Waals surface area contributed by atoms with E-state index in [2.05, 4.69) is 19.9 Å². The van der Waals surface area contributed by atoms with Crippen molar-refractivity contribution in [3.63, 3.8) is 0 Å². The fraction of sp³-hybridized carbons (Fsp3) is 0.960. The van der Waals surface area contributed by atoms with E-state index in [1.165, 1.54) is 89.9 Å². The van der Waals surface area contributed by atoms with Crippen LogP contribution in [0.5, 0.6) is 0 Å². The zero-order valence-corrected chi connectivity index (χ0v) is 18.3. The van der Waals surface area contributed by atoms with Crippen LogP contribution in [0.4, 0.5) is 0 Å². The van der Waals surface area contributed by atoms with Crippen LogP contribution in [0.1, 0.15) is 123 Å². The molecule has 0 spiro atoms. The SMILES string of the molecule is CCCCCCC[C@H]1CC[C@H](OC[C@H]2CC[C@@](C#N)(CCCC)CC2)CC1. The highest BCUT2D eigenvalue weighted by Crippen LogP contribution is 2.42. The van der Waals surface area contributed by atoms with Crippen molar-refractivity contribution < 1.29 is 4.74 Å². The summed E-state index contributed by atoms with van der Waals surface area (Å²) < 4.78 is 6.33. The van der Waals surface area contributed by atoms with Gasteiger partial charge in [0, 0.05) is 6.61 Å². The van der Waals surface area contributed by atoms with E-state index < -0.39 is 0 Å². The molecule has 0 heterocycles. The molecule has 2 aliphatic rings. The summed E-state index contributed by atoms with van der Waals surface area (Å²) in [5, 5.41) is 9.64. The van der Waals surface area contributed by atoms with Gasteiger partial charge < -0.3 is 4.74 Å². The van der Waals surface area contributed by atoms with E-state index in [4.69, 9.17) is 4.74 Å². The molecule has 0 aromatic heterocycles. The predicted molar refractivity (Wildman–Crippen MR) is 115 cm³/mol. The molecule has 27 heavy (non-hydrogen) atoms. The van der Waals surface area contributed by atoms with Gasteiger partial charge in [0.05, 0.1) is 17.6 Å². The zero-order valence-electron chi connectivity index (χ0n) is 18.3. The topological polar surface area (TPSA) is 33.0 Å². The summed E-state index contributed by atoms with van der Waals surface area (Å²) in [6, 6.07) is 2.67. The number of hydrogen-bond acceptors (Lipinski definition) is 2. The second kappa shape index (κ2) is 12.8. The van der Waals surface area contributed by atoms with Gasteiger partial charge in [-0.25, -0.2) is 0 Å². The van der Waals surface area contributed by atoms with E-state index in [9.17, 15) is 5.26 Å². The normalized spacial score (nSPS) is 31.5. The molecule has 156 valence electrons. The molecule has 2 aliphatic carbocycles. The van der Waals surface area contributed by atoms with E-state index in [-0.39, 0.29) is 5.41 Å². The fourth-order valence-electron chi connectivity index (χ4n) is 5.23. The number of nitrogens with zero attached hydrogens (tertiary/aromatic N) is 1. The molecule has 0 saturated heterocycles. The number of nitriles is 1. The first-order valence-electron chi connectivity index (χ1n) is 12.2. The lowest BCUT2D eigenvalue weighted by Gasteiger charge is -2.36. The van der Waals surface area contributed by atoms with Crippen LogP contribution in [0.3, 0.4) is 0 Å². The van der Waals surface area contributed by atoms with E-state index in [0.29, 0.717) is 12.0 Å². The summed E-state index contributed by atoms with van der Waals surface area (Å²) in [5.74, 6) is 1.67. The number of hydrogen-bond donors (Lipinski definition) is 0.